The van der Waals surface area contributed by atoms with E-state index in [1.807, 2.05) is 17.0 Å². The van der Waals surface area contributed by atoms with Crippen LogP contribution in [0.1, 0.15) is 12.0 Å². The zero-order valence-electron chi connectivity index (χ0n) is 13.6. The number of pyridine rings is 1. The molecule has 1 atom stereocenters. The van der Waals surface area contributed by atoms with E-state index in [4.69, 9.17) is 0 Å². The fourth-order valence-electron chi connectivity index (χ4n) is 3.01. The van der Waals surface area contributed by atoms with E-state index in [1.165, 1.54) is 12.1 Å². The first-order chi connectivity index (χ1) is 12.4. The maximum absolute atomic E-state index is 12.6. The number of aliphatic hydroxyl groups excluding tert-OH is 1. The van der Waals surface area contributed by atoms with Gasteiger partial charge in [0, 0.05) is 18.8 Å². The molecule has 3 heterocycles. The predicted octanol–water partition coefficient (Wildman–Crippen LogP) is 3.06. The van der Waals surface area contributed by atoms with Crippen molar-refractivity contribution in [2.24, 2.45) is 0 Å². The summed E-state index contributed by atoms with van der Waals surface area (Å²) < 4.78 is 39.6. The minimum Gasteiger partial charge on any atom is -0.391 e. The first-order valence-electron chi connectivity index (χ1n) is 8.13. The normalized spacial score (nSPS) is 17.8. The molecule has 26 heavy (non-hydrogen) atoms. The highest BCUT2D eigenvalue weighted by Crippen LogP contribution is 2.30. The Morgan fingerprint density at radius 3 is 2.54 bits per heavy atom. The lowest BCUT2D eigenvalue weighted by Crippen LogP contribution is -2.23. The van der Waals surface area contributed by atoms with Crippen LogP contribution in [0.15, 0.2) is 42.5 Å². The lowest BCUT2D eigenvalue weighted by molar-refractivity contribution is -0.137. The van der Waals surface area contributed by atoms with Crippen molar-refractivity contribution in [1.82, 2.24) is 14.6 Å². The number of alkyl halides is 3. The van der Waals surface area contributed by atoms with Crippen LogP contribution >= 0.6 is 0 Å². The highest BCUT2D eigenvalue weighted by atomic mass is 19.4. The summed E-state index contributed by atoms with van der Waals surface area (Å²) in [4.78, 5) is 6.38. The number of aromatic nitrogens is 3. The molecule has 1 saturated heterocycles. The van der Waals surface area contributed by atoms with Crippen LogP contribution < -0.4 is 10.2 Å². The van der Waals surface area contributed by atoms with Gasteiger partial charge in [-0.15, -0.1) is 5.10 Å². The van der Waals surface area contributed by atoms with Crippen LogP contribution in [-0.4, -0.2) is 38.9 Å². The van der Waals surface area contributed by atoms with Gasteiger partial charge in [0.25, 0.3) is 0 Å². The first-order valence-corrected chi connectivity index (χ1v) is 8.13. The minimum absolute atomic E-state index is 0.289. The van der Waals surface area contributed by atoms with Crippen LogP contribution in [0.5, 0.6) is 0 Å². The topological polar surface area (TPSA) is 65.7 Å². The second-order valence-corrected chi connectivity index (χ2v) is 6.18. The molecule has 3 aromatic rings. The number of β-amino-alcohol motifs (C(OH)–C–C–N with tert-alkyl or cyclic N) is 1. The zero-order valence-corrected chi connectivity index (χ0v) is 13.6. The summed E-state index contributed by atoms with van der Waals surface area (Å²) >= 11 is 0. The van der Waals surface area contributed by atoms with E-state index < -0.39 is 11.7 Å². The minimum atomic E-state index is -4.37. The van der Waals surface area contributed by atoms with Crippen LogP contribution in [0.2, 0.25) is 0 Å². The fourth-order valence-corrected chi connectivity index (χ4v) is 3.01. The Balaban J connectivity index is 1.60. The maximum Gasteiger partial charge on any atom is 0.416 e. The standard InChI is InChI=1S/C17H16F3N5O/c18-17(19,20)11-4-6-12(7-5-11)21-16-22-14-2-1-3-15(25(14)23-16)24-9-8-13(26)10-24/h1-7,13,26H,8-10H2,(H,21,23). The van der Waals surface area contributed by atoms with E-state index >= 15 is 0 Å². The van der Waals surface area contributed by atoms with Crippen LogP contribution in [-0.2, 0) is 6.18 Å². The van der Waals surface area contributed by atoms with Gasteiger partial charge in [-0.25, -0.2) is 0 Å². The maximum atomic E-state index is 12.6. The summed E-state index contributed by atoms with van der Waals surface area (Å²) in [5.41, 5.74) is 0.367. The molecule has 1 aliphatic heterocycles. The molecule has 2 aromatic heterocycles. The summed E-state index contributed by atoms with van der Waals surface area (Å²) in [5.74, 6) is 1.10. The van der Waals surface area contributed by atoms with Gasteiger partial charge in [0.15, 0.2) is 5.65 Å². The van der Waals surface area contributed by atoms with Gasteiger partial charge in [0.1, 0.15) is 5.82 Å². The summed E-state index contributed by atoms with van der Waals surface area (Å²) in [7, 11) is 0. The van der Waals surface area contributed by atoms with Crippen molar-refractivity contribution in [2.75, 3.05) is 23.3 Å². The van der Waals surface area contributed by atoms with Crippen molar-refractivity contribution in [3.8, 4) is 0 Å². The number of nitrogens with one attached hydrogen (secondary N) is 1. The molecule has 6 nitrogen and oxygen atoms in total. The SMILES string of the molecule is OC1CCN(c2cccc3nc(Nc4ccc(C(F)(F)F)cc4)nn23)C1. The third kappa shape index (κ3) is 3.17. The van der Waals surface area contributed by atoms with Gasteiger partial charge in [-0.3, -0.25) is 0 Å². The number of halogens is 3. The molecule has 9 heteroatoms. The van der Waals surface area contributed by atoms with Gasteiger partial charge >= 0.3 is 6.18 Å². The molecule has 0 saturated carbocycles. The summed E-state index contributed by atoms with van der Waals surface area (Å²) in [6.07, 6.45) is -4.03. The number of aliphatic hydroxyl groups is 1. The number of benzene rings is 1. The predicted molar refractivity (Wildman–Crippen MR) is 90.6 cm³/mol. The second kappa shape index (κ2) is 6.17. The van der Waals surface area contributed by atoms with Gasteiger partial charge in [-0.2, -0.15) is 22.7 Å². The molecular formula is C17H16F3N5O. The molecule has 136 valence electrons. The van der Waals surface area contributed by atoms with Crippen LogP contribution in [0, 0.1) is 0 Å². The van der Waals surface area contributed by atoms with Gasteiger partial charge in [-0.05, 0) is 42.8 Å². The molecule has 4 rings (SSSR count). The Kier molecular flexibility index (Phi) is 3.95. The Morgan fingerprint density at radius 1 is 1.12 bits per heavy atom. The van der Waals surface area contributed by atoms with Crippen molar-refractivity contribution in [2.45, 2.75) is 18.7 Å². The Labute approximate surface area is 146 Å². The molecule has 0 aliphatic carbocycles. The third-order valence-electron chi connectivity index (χ3n) is 4.30. The molecule has 0 amide bonds. The lowest BCUT2D eigenvalue weighted by atomic mass is 10.2. The van der Waals surface area contributed by atoms with Crippen LogP contribution in [0.25, 0.3) is 5.65 Å². The summed E-state index contributed by atoms with van der Waals surface area (Å²) in [6, 6.07) is 10.2. The molecule has 1 unspecified atom stereocenters. The molecule has 1 fully saturated rings. The average molecular weight is 363 g/mol. The Morgan fingerprint density at radius 2 is 1.88 bits per heavy atom. The number of fused-ring (bicyclic) bond motifs is 1. The fraction of sp³-hybridized carbons (Fsp3) is 0.294. The third-order valence-corrected chi connectivity index (χ3v) is 4.30. The van der Waals surface area contributed by atoms with Crippen molar-refractivity contribution in [3.63, 3.8) is 0 Å². The van der Waals surface area contributed by atoms with Crippen molar-refractivity contribution < 1.29 is 18.3 Å². The second-order valence-electron chi connectivity index (χ2n) is 6.18. The van der Waals surface area contributed by atoms with Crippen LogP contribution in [0.3, 0.4) is 0 Å². The van der Waals surface area contributed by atoms with Gasteiger partial charge in [0.2, 0.25) is 5.95 Å². The van der Waals surface area contributed by atoms with Gasteiger partial charge in [0.05, 0.1) is 11.7 Å². The Bertz CT molecular complexity index is 922. The summed E-state index contributed by atoms with van der Waals surface area (Å²) in [6.45, 7) is 1.25. The number of anilines is 3. The first kappa shape index (κ1) is 16.6. The van der Waals surface area contributed by atoms with E-state index in [9.17, 15) is 18.3 Å². The van der Waals surface area contributed by atoms with E-state index in [-0.39, 0.29) is 12.1 Å². The molecule has 0 spiro atoms. The molecule has 1 aliphatic rings. The van der Waals surface area contributed by atoms with Crippen LogP contribution in [0.4, 0.5) is 30.6 Å². The van der Waals surface area contributed by atoms with Crippen molar-refractivity contribution in [1.29, 1.82) is 0 Å². The largest absolute Gasteiger partial charge is 0.416 e. The summed E-state index contributed by atoms with van der Waals surface area (Å²) in [5, 5.41) is 17.1. The smallest absolute Gasteiger partial charge is 0.391 e. The molecule has 0 bridgehead atoms. The molecular weight excluding hydrogens is 347 g/mol. The molecule has 1 aromatic carbocycles. The zero-order chi connectivity index (χ0) is 18.3. The molecule has 0 radical (unpaired) electrons. The molecule has 2 N–H and O–H groups in total. The number of hydrogen-bond acceptors (Lipinski definition) is 5. The quantitative estimate of drug-likeness (QED) is 0.749. The average Bonchev–Trinajstić information content (AvgIpc) is 3.19. The lowest BCUT2D eigenvalue weighted by Gasteiger charge is -2.17. The number of nitrogens with zero attached hydrogens (tertiary/aromatic N) is 4. The van der Waals surface area contributed by atoms with E-state index in [0.29, 0.717) is 24.3 Å². The monoisotopic (exact) mass is 363 g/mol. The highest BCUT2D eigenvalue weighted by Gasteiger charge is 2.30. The highest BCUT2D eigenvalue weighted by molar-refractivity contribution is 5.59. The van der Waals surface area contributed by atoms with Gasteiger partial charge in [-0.1, -0.05) is 6.07 Å². The Hall–Kier alpha value is -2.81. The van der Waals surface area contributed by atoms with E-state index in [0.717, 1.165) is 24.5 Å². The van der Waals surface area contributed by atoms with E-state index in [1.54, 1.807) is 10.6 Å². The van der Waals surface area contributed by atoms with E-state index in [2.05, 4.69) is 15.4 Å². The van der Waals surface area contributed by atoms with Crippen molar-refractivity contribution >= 4 is 23.1 Å². The number of hydrogen-bond donors (Lipinski definition) is 2. The van der Waals surface area contributed by atoms with Crippen molar-refractivity contribution in [3.05, 3.63) is 48.0 Å². The number of rotatable bonds is 3. The van der Waals surface area contributed by atoms with Gasteiger partial charge < -0.3 is 15.3 Å².